The predicted octanol–water partition coefficient (Wildman–Crippen LogP) is 6.15. The zero-order chi connectivity index (χ0) is 26.0. The summed E-state index contributed by atoms with van der Waals surface area (Å²) in [6.07, 6.45) is 6.56. The molecule has 0 saturated carbocycles. The molecule has 0 spiro atoms. The molecule has 0 fully saturated rings. The Hall–Kier alpha value is -4.89. The fourth-order valence-corrected chi connectivity index (χ4v) is 5.78. The van der Waals surface area contributed by atoms with Gasteiger partial charge in [0.25, 0.3) is 0 Å². The summed E-state index contributed by atoms with van der Waals surface area (Å²) in [7, 11) is 0. The van der Waals surface area contributed by atoms with Crippen LogP contribution in [0.1, 0.15) is 16.7 Å². The normalized spacial score (nSPS) is 11.4. The van der Waals surface area contributed by atoms with E-state index in [9.17, 15) is 0 Å². The number of hydrogen-bond acceptors (Lipinski definition) is 0. The van der Waals surface area contributed by atoms with Crippen molar-refractivity contribution >= 4 is 32.7 Å². The van der Waals surface area contributed by atoms with Crippen molar-refractivity contribution in [1.29, 1.82) is 0 Å². The van der Waals surface area contributed by atoms with Crippen LogP contribution < -0.4 is 13.7 Å². The molecule has 0 radical (unpaired) electrons. The Morgan fingerprint density at radius 3 is 0.949 bits per heavy atom. The first kappa shape index (κ1) is 23.2. The topological polar surface area (TPSA) is 11.6 Å². The summed E-state index contributed by atoms with van der Waals surface area (Å²) >= 11 is 0. The molecule has 0 aliphatic carbocycles. The van der Waals surface area contributed by atoms with Gasteiger partial charge in [-0.25, -0.2) is 0 Å². The van der Waals surface area contributed by atoms with Crippen molar-refractivity contribution in [3.63, 3.8) is 0 Å². The Kier molecular flexibility index (Phi) is 6.03. The third kappa shape index (κ3) is 4.75. The number of nitrogens with zero attached hydrogens (tertiary/aromatic N) is 3. The molecule has 4 aromatic carbocycles. The van der Waals surface area contributed by atoms with Crippen molar-refractivity contribution in [2.45, 2.75) is 19.6 Å². The quantitative estimate of drug-likeness (QED) is 0.241. The zero-order valence-electron chi connectivity index (χ0n) is 21.8. The van der Waals surface area contributed by atoms with E-state index >= 15 is 0 Å². The molecular formula is C36H30N3+3. The summed E-state index contributed by atoms with van der Waals surface area (Å²) in [5.74, 6) is 0. The highest BCUT2D eigenvalue weighted by Gasteiger charge is 2.16. The number of fused-ring (bicyclic) bond motifs is 3. The number of rotatable bonds is 6. The lowest BCUT2D eigenvalue weighted by atomic mass is 10.0. The van der Waals surface area contributed by atoms with E-state index < -0.39 is 0 Å². The first-order valence-electron chi connectivity index (χ1n) is 13.5. The Morgan fingerprint density at radius 1 is 0.333 bits per heavy atom. The Balaban J connectivity index is 1.32. The molecule has 0 aliphatic rings. The summed E-state index contributed by atoms with van der Waals surface area (Å²) in [4.78, 5) is 0. The summed E-state index contributed by atoms with van der Waals surface area (Å²) in [5.41, 5.74) is 7.68. The van der Waals surface area contributed by atoms with Crippen molar-refractivity contribution in [3.05, 3.63) is 163 Å². The van der Waals surface area contributed by atoms with E-state index in [-0.39, 0.29) is 0 Å². The highest BCUT2D eigenvalue weighted by Crippen LogP contribution is 2.16. The maximum Gasteiger partial charge on any atom is 0.212 e. The molecule has 7 rings (SSSR count). The molecule has 39 heavy (non-hydrogen) atoms. The standard InChI is InChI=1S/C36H30N3/c1-4-16-34-31(10-1)13-7-19-37(34)25-28-22-29(26-38-20-8-14-32-11-2-5-17-35(32)38)24-30(23-28)27-39-21-9-15-33-12-3-6-18-36(33)39/h1-24H,25-27H2/q+3. The van der Waals surface area contributed by atoms with Crippen LogP contribution in [0.25, 0.3) is 32.7 Å². The van der Waals surface area contributed by atoms with Crippen LogP contribution in [0.4, 0.5) is 0 Å². The minimum absolute atomic E-state index is 0.822. The summed E-state index contributed by atoms with van der Waals surface area (Å²) in [6.45, 7) is 2.47. The minimum atomic E-state index is 0.822. The van der Waals surface area contributed by atoms with Gasteiger partial charge >= 0.3 is 0 Å². The van der Waals surface area contributed by atoms with Gasteiger partial charge in [0.2, 0.25) is 16.6 Å². The number of aromatic nitrogens is 3. The molecule has 7 aromatic rings. The molecule has 186 valence electrons. The second-order valence-corrected chi connectivity index (χ2v) is 10.2. The maximum absolute atomic E-state index is 2.38. The fraction of sp³-hybridized carbons (Fsp3) is 0.0833. The van der Waals surface area contributed by atoms with Gasteiger partial charge in [-0.1, -0.05) is 36.4 Å². The van der Waals surface area contributed by atoms with Crippen LogP contribution in [0.2, 0.25) is 0 Å². The molecule has 0 aliphatic heterocycles. The second kappa shape index (κ2) is 10.1. The summed E-state index contributed by atoms with van der Waals surface area (Å²) < 4.78 is 7.07. The van der Waals surface area contributed by atoms with Gasteiger partial charge in [-0.2, -0.15) is 13.7 Å². The molecule has 3 heteroatoms. The molecule has 0 bridgehead atoms. The number of pyridine rings is 3. The van der Waals surface area contributed by atoms with E-state index in [0.29, 0.717) is 0 Å². The Bertz CT molecular complexity index is 1700. The highest BCUT2D eigenvalue weighted by atomic mass is 15.0. The number of para-hydroxylation sites is 3. The van der Waals surface area contributed by atoms with Gasteiger partial charge in [-0.3, -0.25) is 0 Å². The van der Waals surface area contributed by atoms with Crippen molar-refractivity contribution in [1.82, 2.24) is 0 Å². The molecule has 0 N–H and O–H groups in total. The van der Waals surface area contributed by atoms with Crippen molar-refractivity contribution in [2.75, 3.05) is 0 Å². The van der Waals surface area contributed by atoms with Crippen LogP contribution >= 0.6 is 0 Å². The SMILES string of the molecule is c1ccc2c(c1)ccc[n+]2Cc1cc(C[n+]2cccc3ccccc32)cc(C[n+]2cccc3ccccc32)c1. The van der Waals surface area contributed by atoms with Crippen molar-refractivity contribution in [3.8, 4) is 0 Å². The van der Waals surface area contributed by atoms with Crippen molar-refractivity contribution in [2.24, 2.45) is 0 Å². The third-order valence-corrected chi connectivity index (χ3v) is 7.54. The van der Waals surface area contributed by atoms with E-state index in [1.54, 1.807) is 0 Å². The average molecular weight is 505 g/mol. The smallest absolute Gasteiger partial charge is 0.194 e. The molecule has 3 aromatic heterocycles. The Labute approximate surface area is 228 Å². The maximum atomic E-state index is 2.38. The predicted molar refractivity (Wildman–Crippen MR) is 156 cm³/mol. The Morgan fingerprint density at radius 2 is 0.615 bits per heavy atom. The summed E-state index contributed by atoms with van der Waals surface area (Å²) in [6, 6.07) is 45.9. The summed E-state index contributed by atoms with van der Waals surface area (Å²) in [5, 5.41) is 3.77. The van der Waals surface area contributed by atoms with Crippen molar-refractivity contribution < 1.29 is 13.7 Å². The first-order valence-corrected chi connectivity index (χ1v) is 13.5. The van der Waals surface area contributed by atoms with Gasteiger partial charge in [0.15, 0.2) is 38.2 Å². The fourth-order valence-electron chi connectivity index (χ4n) is 5.78. The average Bonchev–Trinajstić information content (AvgIpc) is 2.98. The van der Waals surface area contributed by atoms with E-state index in [2.05, 4.69) is 160 Å². The number of benzene rings is 4. The minimum Gasteiger partial charge on any atom is -0.194 e. The van der Waals surface area contributed by atoms with Gasteiger partial charge in [0.1, 0.15) is 0 Å². The lowest BCUT2D eigenvalue weighted by molar-refractivity contribution is -0.664. The molecule has 0 saturated heterocycles. The lowest BCUT2D eigenvalue weighted by Crippen LogP contribution is -2.37. The van der Waals surface area contributed by atoms with Crippen LogP contribution in [-0.2, 0) is 19.6 Å². The van der Waals surface area contributed by atoms with Crippen LogP contribution in [0, 0.1) is 0 Å². The van der Waals surface area contributed by atoms with Crippen LogP contribution in [-0.4, -0.2) is 0 Å². The largest absolute Gasteiger partial charge is 0.212 e. The van der Waals surface area contributed by atoms with Crippen LogP contribution in [0.3, 0.4) is 0 Å². The first-order chi connectivity index (χ1) is 19.3. The third-order valence-electron chi connectivity index (χ3n) is 7.54. The van der Waals surface area contributed by atoms with Gasteiger partial charge in [-0.05, 0) is 54.6 Å². The van der Waals surface area contributed by atoms with Gasteiger partial charge in [0.05, 0.1) is 0 Å². The molecular weight excluding hydrogens is 474 g/mol. The molecule has 0 atom stereocenters. The van der Waals surface area contributed by atoms with Crippen LogP contribution in [0.15, 0.2) is 146 Å². The molecule has 0 amide bonds. The van der Waals surface area contributed by atoms with E-state index in [4.69, 9.17) is 0 Å². The van der Waals surface area contributed by atoms with Crippen LogP contribution in [0.5, 0.6) is 0 Å². The van der Waals surface area contributed by atoms with Gasteiger partial charge < -0.3 is 0 Å². The monoisotopic (exact) mass is 504 g/mol. The zero-order valence-corrected chi connectivity index (χ0v) is 21.8. The highest BCUT2D eigenvalue weighted by molar-refractivity contribution is 5.76. The second-order valence-electron chi connectivity index (χ2n) is 10.2. The van der Waals surface area contributed by atoms with E-state index in [1.807, 2.05) is 0 Å². The number of hydrogen-bond donors (Lipinski definition) is 0. The molecule has 0 unspecified atom stereocenters. The molecule has 3 heterocycles. The molecule has 3 nitrogen and oxygen atoms in total. The van der Waals surface area contributed by atoms with E-state index in [1.165, 1.54) is 49.4 Å². The lowest BCUT2D eigenvalue weighted by Gasteiger charge is -2.09. The van der Waals surface area contributed by atoms with Gasteiger partial charge in [-0.15, -0.1) is 0 Å². The van der Waals surface area contributed by atoms with Gasteiger partial charge in [0, 0.05) is 69.2 Å². The van der Waals surface area contributed by atoms with E-state index in [0.717, 1.165) is 19.6 Å².